The molecule has 1 fully saturated rings. The molecule has 1 aromatic heterocycles. The number of carbonyl (C=O) groups excluding carboxylic acids is 2. The molecule has 3 aromatic rings. The van der Waals surface area contributed by atoms with Gasteiger partial charge in [0.15, 0.2) is 5.76 Å². The van der Waals surface area contributed by atoms with Crippen molar-refractivity contribution in [3.8, 4) is 11.8 Å². The third kappa shape index (κ3) is 6.19. The van der Waals surface area contributed by atoms with Gasteiger partial charge in [0, 0.05) is 31.5 Å². The van der Waals surface area contributed by atoms with E-state index in [9.17, 15) is 9.59 Å². The van der Waals surface area contributed by atoms with Crippen molar-refractivity contribution in [3.05, 3.63) is 77.7 Å². The number of nitrogens with zero attached hydrogens (tertiary/aromatic N) is 3. The van der Waals surface area contributed by atoms with Crippen LogP contribution >= 0.6 is 0 Å². The molecule has 1 aliphatic rings. The number of para-hydroxylation sites is 1. The summed E-state index contributed by atoms with van der Waals surface area (Å²) in [4.78, 5) is 28.7. The van der Waals surface area contributed by atoms with Crippen LogP contribution in [0.4, 0.5) is 11.4 Å². The van der Waals surface area contributed by atoms with Crippen LogP contribution in [0.1, 0.15) is 21.9 Å². The number of anilines is 2. The number of likely N-dealkylation sites (N-methyl/N-ethyl adjacent to an activating group) is 1. The number of nitrogens with one attached hydrogen (secondary N) is 1. The molecule has 0 bridgehead atoms. The Hall–Kier alpha value is -4.29. The van der Waals surface area contributed by atoms with Crippen molar-refractivity contribution in [2.24, 2.45) is 0 Å². The molecule has 2 heterocycles. The van der Waals surface area contributed by atoms with Crippen molar-refractivity contribution in [3.63, 3.8) is 0 Å². The second-order valence-corrected chi connectivity index (χ2v) is 8.02. The molecule has 180 valence electrons. The monoisotopic (exact) mass is 474 g/mol. The number of nitriles is 1. The summed E-state index contributed by atoms with van der Waals surface area (Å²) < 4.78 is 16.6. The number of amides is 2. The summed E-state index contributed by atoms with van der Waals surface area (Å²) >= 11 is 0. The van der Waals surface area contributed by atoms with E-state index in [0.717, 1.165) is 18.8 Å². The lowest BCUT2D eigenvalue weighted by Gasteiger charge is -2.28. The van der Waals surface area contributed by atoms with E-state index in [1.54, 1.807) is 30.3 Å². The molecule has 0 radical (unpaired) electrons. The third-order valence-corrected chi connectivity index (χ3v) is 5.50. The number of ether oxygens (including phenoxy) is 2. The standard InChI is InChI=1S/C26H26N4O5/c1-29(17-25(31)28-20-6-8-21(9-7-20)30-12-14-33-15-13-30)26(32)24-11-10-22(35-24)18-34-23-5-3-2-4-19(23)16-27/h2-11H,12-15,17-18H2,1H3,(H,28,31). The number of furan rings is 1. The Morgan fingerprint density at radius 3 is 2.57 bits per heavy atom. The molecule has 0 spiro atoms. The van der Waals surface area contributed by atoms with Gasteiger partial charge in [-0.25, -0.2) is 0 Å². The fourth-order valence-corrected chi connectivity index (χ4v) is 3.66. The zero-order chi connectivity index (χ0) is 24.6. The molecule has 1 saturated heterocycles. The van der Waals surface area contributed by atoms with Gasteiger partial charge in [0.05, 0.1) is 25.3 Å². The van der Waals surface area contributed by atoms with Crippen LogP contribution in [0.25, 0.3) is 0 Å². The minimum atomic E-state index is -0.425. The lowest BCUT2D eigenvalue weighted by molar-refractivity contribution is -0.116. The molecular weight excluding hydrogens is 448 g/mol. The molecular formula is C26H26N4O5. The van der Waals surface area contributed by atoms with E-state index in [1.807, 2.05) is 24.3 Å². The quantitative estimate of drug-likeness (QED) is 0.534. The van der Waals surface area contributed by atoms with Gasteiger partial charge in [-0.3, -0.25) is 9.59 Å². The maximum absolute atomic E-state index is 12.7. The molecule has 2 aromatic carbocycles. The minimum Gasteiger partial charge on any atom is -0.484 e. The average molecular weight is 475 g/mol. The average Bonchev–Trinajstić information content (AvgIpc) is 3.37. The van der Waals surface area contributed by atoms with Crippen LogP contribution in [0.15, 0.2) is 65.1 Å². The largest absolute Gasteiger partial charge is 0.484 e. The number of benzene rings is 2. The zero-order valence-electron chi connectivity index (χ0n) is 19.4. The topological polar surface area (TPSA) is 108 Å². The maximum atomic E-state index is 12.7. The van der Waals surface area contributed by atoms with Crippen molar-refractivity contribution >= 4 is 23.2 Å². The Morgan fingerprint density at radius 2 is 1.83 bits per heavy atom. The van der Waals surface area contributed by atoms with Crippen LogP contribution in [0.5, 0.6) is 5.75 Å². The first-order valence-electron chi connectivity index (χ1n) is 11.2. The summed E-state index contributed by atoms with van der Waals surface area (Å²) in [5.74, 6) is 0.224. The number of carbonyl (C=O) groups is 2. The number of rotatable bonds is 8. The first-order valence-corrected chi connectivity index (χ1v) is 11.2. The molecule has 1 aliphatic heterocycles. The molecule has 4 rings (SSSR count). The minimum absolute atomic E-state index is 0.0661. The van der Waals surface area contributed by atoms with Gasteiger partial charge >= 0.3 is 0 Å². The summed E-state index contributed by atoms with van der Waals surface area (Å²) in [5, 5.41) is 12.0. The highest BCUT2D eigenvalue weighted by atomic mass is 16.5. The highest BCUT2D eigenvalue weighted by Gasteiger charge is 2.19. The molecule has 2 amide bonds. The Kier molecular flexibility index (Phi) is 7.65. The first-order chi connectivity index (χ1) is 17.0. The van der Waals surface area contributed by atoms with Crippen LogP contribution < -0.4 is 15.0 Å². The fourth-order valence-electron chi connectivity index (χ4n) is 3.66. The predicted octanol–water partition coefficient (Wildman–Crippen LogP) is 3.28. The van der Waals surface area contributed by atoms with E-state index in [4.69, 9.17) is 19.2 Å². The van der Waals surface area contributed by atoms with Crippen LogP contribution in [-0.4, -0.2) is 56.6 Å². The number of morpholine rings is 1. The van der Waals surface area contributed by atoms with Crippen molar-refractivity contribution < 1.29 is 23.5 Å². The van der Waals surface area contributed by atoms with E-state index in [2.05, 4.69) is 16.3 Å². The summed E-state index contributed by atoms with van der Waals surface area (Å²) in [6.45, 7) is 3.03. The molecule has 9 nitrogen and oxygen atoms in total. The zero-order valence-corrected chi connectivity index (χ0v) is 19.4. The molecule has 0 atom stereocenters. The second kappa shape index (κ2) is 11.2. The van der Waals surface area contributed by atoms with Gasteiger partial charge in [0.1, 0.15) is 24.2 Å². The first kappa shape index (κ1) is 23.9. The Labute approximate surface area is 203 Å². The Bertz CT molecular complexity index is 1210. The molecule has 35 heavy (non-hydrogen) atoms. The molecule has 0 aliphatic carbocycles. The van der Waals surface area contributed by atoms with Gasteiger partial charge < -0.3 is 29.0 Å². The van der Waals surface area contributed by atoms with Crippen LogP contribution in [0.2, 0.25) is 0 Å². The second-order valence-electron chi connectivity index (χ2n) is 8.02. The number of hydrogen-bond donors (Lipinski definition) is 1. The van der Waals surface area contributed by atoms with Crippen LogP contribution in [-0.2, 0) is 16.1 Å². The van der Waals surface area contributed by atoms with Gasteiger partial charge in [0.25, 0.3) is 5.91 Å². The summed E-state index contributed by atoms with van der Waals surface area (Å²) in [5.41, 5.74) is 2.15. The van der Waals surface area contributed by atoms with E-state index >= 15 is 0 Å². The van der Waals surface area contributed by atoms with Gasteiger partial charge in [-0.05, 0) is 48.5 Å². The summed E-state index contributed by atoms with van der Waals surface area (Å²) in [6.07, 6.45) is 0. The highest BCUT2D eigenvalue weighted by Crippen LogP contribution is 2.20. The lowest BCUT2D eigenvalue weighted by Crippen LogP contribution is -2.36. The summed E-state index contributed by atoms with van der Waals surface area (Å²) in [7, 11) is 1.53. The number of hydrogen-bond acceptors (Lipinski definition) is 7. The van der Waals surface area contributed by atoms with Gasteiger partial charge in [-0.2, -0.15) is 5.26 Å². The van der Waals surface area contributed by atoms with Gasteiger partial charge in [0.2, 0.25) is 5.91 Å². The third-order valence-electron chi connectivity index (χ3n) is 5.50. The van der Waals surface area contributed by atoms with Crippen LogP contribution in [0.3, 0.4) is 0 Å². The molecule has 9 heteroatoms. The molecule has 1 N–H and O–H groups in total. The van der Waals surface area contributed by atoms with Crippen molar-refractivity contribution in [2.45, 2.75) is 6.61 Å². The van der Waals surface area contributed by atoms with Crippen LogP contribution in [0, 0.1) is 11.3 Å². The fraction of sp³-hybridized carbons (Fsp3) is 0.269. The van der Waals surface area contributed by atoms with E-state index < -0.39 is 5.91 Å². The Morgan fingerprint density at radius 1 is 1.09 bits per heavy atom. The molecule has 0 unspecified atom stereocenters. The van der Waals surface area contributed by atoms with Gasteiger partial charge in [-0.15, -0.1) is 0 Å². The Balaban J connectivity index is 1.27. The lowest BCUT2D eigenvalue weighted by atomic mass is 10.2. The SMILES string of the molecule is CN(CC(=O)Nc1ccc(N2CCOCC2)cc1)C(=O)c1ccc(COc2ccccc2C#N)o1. The van der Waals surface area contributed by atoms with E-state index in [1.165, 1.54) is 18.0 Å². The molecule has 0 saturated carbocycles. The highest BCUT2D eigenvalue weighted by molar-refractivity contribution is 5.98. The maximum Gasteiger partial charge on any atom is 0.289 e. The van der Waals surface area contributed by atoms with Crippen molar-refractivity contribution in [1.82, 2.24) is 4.90 Å². The smallest absolute Gasteiger partial charge is 0.289 e. The summed E-state index contributed by atoms with van der Waals surface area (Å²) in [6, 6.07) is 19.7. The van der Waals surface area contributed by atoms with Gasteiger partial charge in [-0.1, -0.05) is 12.1 Å². The van der Waals surface area contributed by atoms with E-state index in [0.29, 0.717) is 36.0 Å². The van der Waals surface area contributed by atoms with Crippen molar-refractivity contribution in [2.75, 3.05) is 50.1 Å². The van der Waals surface area contributed by atoms with Crippen molar-refractivity contribution in [1.29, 1.82) is 5.26 Å². The predicted molar refractivity (Wildman–Crippen MR) is 129 cm³/mol. The normalized spacial score (nSPS) is 13.1. The van der Waals surface area contributed by atoms with E-state index in [-0.39, 0.29) is 24.8 Å².